The van der Waals surface area contributed by atoms with E-state index in [2.05, 4.69) is 4.72 Å². The van der Waals surface area contributed by atoms with Gasteiger partial charge in [-0.2, -0.15) is 0 Å². The Morgan fingerprint density at radius 2 is 1.95 bits per heavy atom. The summed E-state index contributed by atoms with van der Waals surface area (Å²) in [5, 5.41) is 8.46. The van der Waals surface area contributed by atoms with Crippen molar-refractivity contribution in [1.82, 2.24) is 4.72 Å². The number of carboxylic acid groups (broad SMARTS) is 1. The Bertz CT molecular complexity index is 575. The number of nitrogens with one attached hydrogen (secondary N) is 1. The van der Waals surface area contributed by atoms with E-state index in [4.69, 9.17) is 9.84 Å². The van der Waals surface area contributed by atoms with Crippen LogP contribution in [0.5, 0.6) is 5.75 Å². The van der Waals surface area contributed by atoms with Crippen molar-refractivity contribution >= 4 is 16.0 Å². The molecule has 2 N–H and O–H groups in total. The predicted octanol–water partition coefficient (Wildman–Crippen LogP) is 0.981. The molecule has 1 aromatic carbocycles. The highest BCUT2D eigenvalue weighted by Gasteiger charge is 2.41. The summed E-state index contributed by atoms with van der Waals surface area (Å²) in [5.41, 5.74) is -0.322. The highest BCUT2D eigenvalue weighted by molar-refractivity contribution is 7.89. The molecule has 0 radical (unpaired) electrons. The molecule has 0 aromatic heterocycles. The Balaban J connectivity index is 2.07. The summed E-state index contributed by atoms with van der Waals surface area (Å²) in [6.45, 7) is 1.40. The molecule has 1 aliphatic rings. The second kappa shape index (κ2) is 4.82. The summed E-state index contributed by atoms with van der Waals surface area (Å²) in [6, 6.07) is 5.66. The first-order valence-corrected chi connectivity index (χ1v) is 7.28. The Morgan fingerprint density at radius 3 is 2.42 bits per heavy atom. The van der Waals surface area contributed by atoms with Crippen LogP contribution in [0.4, 0.5) is 0 Å². The van der Waals surface area contributed by atoms with Crippen molar-refractivity contribution < 1.29 is 23.1 Å². The van der Waals surface area contributed by atoms with E-state index in [1.807, 2.05) is 6.92 Å². The summed E-state index contributed by atoms with van der Waals surface area (Å²) < 4.78 is 31.6. The third-order valence-corrected chi connectivity index (χ3v) is 4.53. The number of sulfonamides is 1. The fourth-order valence-corrected chi connectivity index (χ4v) is 3.00. The van der Waals surface area contributed by atoms with Gasteiger partial charge in [-0.25, -0.2) is 17.9 Å². The minimum absolute atomic E-state index is 0.142. The minimum atomic E-state index is -3.53. The lowest BCUT2D eigenvalue weighted by Crippen LogP contribution is -2.34. The van der Waals surface area contributed by atoms with Gasteiger partial charge >= 0.3 is 5.97 Å². The zero-order valence-electron chi connectivity index (χ0n) is 10.4. The molecule has 1 saturated carbocycles. The highest BCUT2D eigenvalue weighted by Crippen LogP contribution is 2.36. The molecule has 7 heteroatoms. The SMILES string of the molecule is CC1(NS(=O)(=O)c2ccc(OCC(=O)O)cc2)CC1. The van der Waals surface area contributed by atoms with Crippen molar-refractivity contribution in [1.29, 1.82) is 0 Å². The number of hydrogen-bond donors (Lipinski definition) is 2. The molecule has 0 saturated heterocycles. The van der Waals surface area contributed by atoms with Gasteiger partial charge in [-0.15, -0.1) is 0 Å². The average molecular weight is 285 g/mol. The topological polar surface area (TPSA) is 92.7 Å². The third kappa shape index (κ3) is 3.68. The number of carboxylic acids is 1. The number of hydrogen-bond acceptors (Lipinski definition) is 4. The van der Waals surface area contributed by atoms with E-state index in [-0.39, 0.29) is 10.4 Å². The molecule has 0 unspecified atom stereocenters. The van der Waals surface area contributed by atoms with E-state index in [0.717, 1.165) is 12.8 Å². The first kappa shape index (κ1) is 13.8. The lowest BCUT2D eigenvalue weighted by Gasteiger charge is -2.12. The van der Waals surface area contributed by atoms with Gasteiger partial charge in [0.2, 0.25) is 10.0 Å². The van der Waals surface area contributed by atoms with Gasteiger partial charge in [-0.3, -0.25) is 0 Å². The van der Waals surface area contributed by atoms with E-state index in [0.29, 0.717) is 5.75 Å². The van der Waals surface area contributed by atoms with E-state index >= 15 is 0 Å². The van der Waals surface area contributed by atoms with Gasteiger partial charge < -0.3 is 9.84 Å². The Hall–Kier alpha value is -1.60. The zero-order valence-corrected chi connectivity index (χ0v) is 11.2. The first-order chi connectivity index (χ1) is 8.81. The van der Waals surface area contributed by atoms with Gasteiger partial charge in [0.05, 0.1) is 4.90 Å². The largest absolute Gasteiger partial charge is 0.482 e. The smallest absolute Gasteiger partial charge is 0.341 e. The summed E-state index contributed by atoms with van der Waals surface area (Å²) in [5.74, 6) is -0.765. The molecule has 0 amide bonds. The molecular formula is C12H15NO5S. The fraction of sp³-hybridized carbons (Fsp3) is 0.417. The van der Waals surface area contributed by atoms with Gasteiger partial charge in [0.25, 0.3) is 0 Å². The molecule has 104 valence electrons. The molecule has 1 fully saturated rings. The van der Waals surface area contributed by atoms with Crippen LogP contribution in [0.15, 0.2) is 29.2 Å². The molecule has 0 bridgehead atoms. The van der Waals surface area contributed by atoms with Crippen LogP contribution < -0.4 is 9.46 Å². The lowest BCUT2D eigenvalue weighted by molar-refractivity contribution is -0.139. The van der Waals surface area contributed by atoms with Gasteiger partial charge in [-0.1, -0.05) is 0 Å². The van der Waals surface area contributed by atoms with Crippen molar-refractivity contribution in [3.8, 4) is 5.75 Å². The molecule has 0 heterocycles. The third-order valence-electron chi connectivity index (χ3n) is 2.88. The zero-order chi connectivity index (χ0) is 14.1. The van der Waals surface area contributed by atoms with Gasteiger partial charge in [-0.05, 0) is 44.0 Å². The van der Waals surface area contributed by atoms with Gasteiger partial charge in [0.1, 0.15) is 5.75 Å². The van der Waals surface area contributed by atoms with Crippen LogP contribution in [0.25, 0.3) is 0 Å². The average Bonchev–Trinajstić information content (AvgIpc) is 3.03. The number of aliphatic carboxylic acids is 1. The second-order valence-corrected chi connectivity index (χ2v) is 6.50. The van der Waals surface area contributed by atoms with Crippen molar-refractivity contribution in [2.24, 2.45) is 0 Å². The highest BCUT2D eigenvalue weighted by atomic mass is 32.2. The van der Waals surface area contributed by atoms with Gasteiger partial charge in [0.15, 0.2) is 6.61 Å². The van der Waals surface area contributed by atoms with Crippen LogP contribution in [-0.2, 0) is 14.8 Å². The Morgan fingerprint density at radius 1 is 1.37 bits per heavy atom. The quantitative estimate of drug-likeness (QED) is 0.812. The Labute approximate surface area is 111 Å². The molecule has 1 aromatic rings. The number of benzene rings is 1. The maximum absolute atomic E-state index is 12.0. The van der Waals surface area contributed by atoms with Crippen LogP contribution >= 0.6 is 0 Å². The van der Waals surface area contributed by atoms with Gasteiger partial charge in [0, 0.05) is 5.54 Å². The Kier molecular flexibility index (Phi) is 3.51. The van der Waals surface area contributed by atoms with Crippen LogP contribution in [0.2, 0.25) is 0 Å². The monoisotopic (exact) mass is 285 g/mol. The molecular weight excluding hydrogens is 270 g/mol. The van der Waals surface area contributed by atoms with Crippen LogP contribution in [-0.4, -0.2) is 31.6 Å². The lowest BCUT2D eigenvalue weighted by atomic mass is 10.3. The maximum atomic E-state index is 12.0. The summed E-state index contributed by atoms with van der Waals surface area (Å²) in [7, 11) is -3.53. The van der Waals surface area contributed by atoms with Crippen LogP contribution in [0, 0.1) is 0 Å². The maximum Gasteiger partial charge on any atom is 0.341 e. The second-order valence-electron chi connectivity index (χ2n) is 4.82. The summed E-state index contributed by atoms with van der Waals surface area (Å²) in [6.07, 6.45) is 1.68. The summed E-state index contributed by atoms with van der Waals surface area (Å²) >= 11 is 0. The fourth-order valence-electron chi connectivity index (χ4n) is 1.53. The molecule has 1 aliphatic carbocycles. The molecule has 0 aliphatic heterocycles. The van der Waals surface area contributed by atoms with Crippen molar-refractivity contribution in [2.75, 3.05) is 6.61 Å². The normalized spacial score (nSPS) is 16.9. The number of ether oxygens (including phenoxy) is 1. The number of rotatable bonds is 6. The molecule has 0 spiro atoms. The van der Waals surface area contributed by atoms with Crippen molar-refractivity contribution in [3.63, 3.8) is 0 Å². The van der Waals surface area contributed by atoms with Crippen LogP contribution in [0.3, 0.4) is 0 Å². The molecule has 6 nitrogen and oxygen atoms in total. The van der Waals surface area contributed by atoms with E-state index < -0.39 is 22.6 Å². The van der Waals surface area contributed by atoms with Crippen molar-refractivity contribution in [2.45, 2.75) is 30.2 Å². The van der Waals surface area contributed by atoms with Crippen LogP contribution in [0.1, 0.15) is 19.8 Å². The number of carbonyl (C=O) groups is 1. The first-order valence-electron chi connectivity index (χ1n) is 5.79. The minimum Gasteiger partial charge on any atom is -0.482 e. The predicted molar refractivity (Wildman–Crippen MR) is 67.5 cm³/mol. The summed E-state index contributed by atoms with van der Waals surface area (Å²) in [4.78, 5) is 10.5. The van der Waals surface area contributed by atoms with E-state index in [9.17, 15) is 13.2 Å². The molecule has 19 heavy (non-hydrogen) atoms. The van der Waals surface area contributed by atoms with E-state index in [1.54, 1.807) is 0 Å². The van der Waals surface area contributed by atoms with Crippen molar-refractivity contribution in [3.05, 3.63) is 24.3 Å². The standard InChI is InChI=1S/C12H15NO5S/c1-12(6-7-12)13-19(16,17)10-4-2-9(3-5-10)18-8-11(14)15/h2-5,13H,6-8H2,1H3,(H,14,15). The van der Waals surface area contributed by atoms with E-state index in [1.165, 1.54) is 24.3 Å². The molecule has 0 atom stereocenters. The molecule has 2 rings (SSSR count).